The zero-order valence-electron chi connectivity index (χ0n) is 6.44. The highest BCUT2D eigenvalue weighted by Crippen LogP contribution is 2.36. The van der Waals surface area contributed by atoms with Crippen LogP contribution in [0.1, 0.15) is 33.1 Å². The average molecular weight is 144 g/mol. The first-order valence-electron chi connectivity index (χ1n) is 3.85. The molecule has 1 aliphatic heterocycles. The van der Waals surface area contributed by atoms with Gasteiger partial charge in [-0.3, -0.25) is 0 Å². The lowest BCUT2D eigenvalue weighted by Gasteiger charge is -2.31. The van der Waals surface area contributed by atoms with Crippen LogP contribution in [0.3, 0.4) is 0 Å². The number of hydrogen-bond donors (Lipinski definition) is 0. The first kappa shape index (κ1) is 7.46. The van der Waals surface area contributed by atoms with E-state index in [9.17, 15) is 0 Å². The summed E-state index contributed by atoms with van der Waals surface area (Å²) in [6.07, 6.45) is 4.26. The monoisotopic (exact) mass is 144 g/mol. The Morgan fingerprint density at radius 2 is 2.33 bits per heavy atom. The van der Waals surface area contributed by atoms with E-state index in [0.717, 1.165) is 0 Å². The van der Waals surface area contributed by atoms with Gasteiger partial charge in [0.05, 0.1) is 0 Å². The molecule has 0 N–H and O–H groups in total. The van der Waals surface area contributed by atoms with Crippen molar-refractivity contribution in [1.82, 2.24) is 0 Å². The maximum absolute atomic E-state index is 2.42. The van der Waals surface area contributed by atoms with Gasteiger partial charge in [0.25, 0.3) is 0 Å². The van der Waals surface area contributed by atoms with Gasteiger partial charge in [-0.05, 0) is 36.2 Å². The summed E-state index contributed by atoms with van der Waals surface area (Å²) in [5, 5.41) is 0. The minimum Gasteiger partial charge on any atom is -0.161 e. The third-order valence-corrected chi connectivity index (χ3v) is 3.85. The Kier molecular flexibility index (Phi) is 2.45. The van der Waals surface area contributed by atoms with Gasteiger partial charge in [-0.25, -0.2) is 0 Å². The molecule has 0 spiro atoms. The van der Waals surface area contributed by atoms with Crippen LogP contribution in [0, 0.1) is 5.41 Å². The average Bonchev–Trinajstić information content (AvgIpc) is 1.90. The maximum Gasteiger partial charge on any atom is -0.00135 e. The molecule has 1 heterocycles. The molecule has 1 unspecified atom stereocenters. The van der Waals surface area contributed by atoms with Gasteiger partial charge in [-0.1, -0.05) is 13.8 Å². The molecule has 0 aromatic carbocycles. The van der Waals surface area contributed by atoms with Crippen LogP contribution >= 0.6 is 11.8 Å². The zero-order chi connectivity index (χ0) is 6.74. The van der Waals surface area contributed by atoms with Gasteiger partial charge in [0.1, 0.15) is 0 Å². The highest BCUT2D eigenvalue weighted by molar-refractivity contribution is 7.99. The lowest BCUT2D eigenvalue weighted by Crippen LogP contribution is -2.22. The molecule has 1 atom stereocenters. The predicted molar refractivity (Wildman–Crippen MR) is 45.0 cm³/mol. The molecule has 0 nitrogen and oxygen atoms in total. The molecule has 54 valence electrons. The first-order valence-corrected chi connectivity index (χ1v) is 5.00. The van der Waals surface area contributed by atoms with E-state index in [-0.39, 0.29) is 0 Å². The SMILES string of the molecule is CCC1(C)CCCSC1. The molecule has 1 saturated heterocycles. The predicted octanol–water partition coefficient (Wildman–Crippen LogP) is 2.93. The van der Waals surface area contributed by atoms with E-state index in [1.165, 1.54) is 30.8 Å². The molecule has 0 saturated carbocycles. The van der Waals surface area contributed by atoms with Crippen LogP contribution in [0.5, 0.6) is 0 Å². The summed E-state index contributed by atoms with van der Waals surface area (Å²) in [4.78, 5) is 0. The van der Waals surface area contributed by atoms with E-state index in [1.54, 1.807) is 0 Å². The zero-order valence-corrected chi connectivity index (χ0v) is 7.26. The second-order valence-corrected chi connectivity index (χ2v) is 4.43. The van der Waals surface area contributed by atoms with Crippen molar-refractivity contribution in [2.75, 3.05) is 11.5 Å². The van der Waals surface area contributed by atoms with Crippen molar-refractivity contribution in [1.29, 1.82) is 0 Å². The van der Waals surface area contributed by atoms with E-state index in [2.05, 4.69) is 25.6 Å². The van der Waals surface area contributed by atoms with E-state index >= 15 is 0 Å². The van der Waals surface area contributed by atoms with Crippen molar-refractivity contribution in [3.05, 3.63) is 0 Å². The van der Waals surface area contributed by atoms with Crippen molar-refractivity contribution in [3.63, 3.8) is 0 Å². The largest absolute Gasteiger partial charge is 0.161 e. The Hall–Kier alpha value is 0.350. The highest BCUT2D eigenvalue weighted by Gasteiger charge is 2.24. The van der Waals surface area contributed by atoms with Crippen molar-refractivity contribution in [2.45, 2.75) is 33.1 Å². The lowest BCUT2D eigenvalue weighted by molar-refractivity contribution is 0.320. The van der Waals surface area contributed by atoms with Gasteiger partial charge in [-0.15, -0.1) is 0 Å². The summed E-state index contributed by atoms with van der Waals surface area (Å²) < 4.78 is 0. The molecule has 0 amide bonds. The summed E-state index contributed by atoms with van der Waals surface area (Å²) in [7, 11) is 0. The van der Waals surface area contributed by atoms with Gasteiger partial charge >= 0.3 is 0 Å². The summed E-state index contributed by atoms with van der Waals surface area (Å²) in [5.74, 6) is 2.79. The Balaban J connectivity index is 2.37. The normalized spacial score (nSPS) is 36.7. The maximum atomic E-state index is 2.42. The summed E-state index contributed by atoms with van der Waals surface area (Å²) in [6.45, 7) is 4.73. The summed E-state index contributed by atoms with van der Waals surface area (Å²) in [5.41, 5.74) is 0.683. The fourth-order valence-corrected chi connectivity index (χ4v) is 2.60. The van der Waals surface area contributed by atoms with Crippen LogP contribution in [0.25, 0.3) is 0 Å². The second-order valence-electron chi connectivity index (χ2n) is 3.32. The second kappa shape index (κ2) is 2.96. The minimum absolute atomic E-state index is 0.683. The standard InChI is InChI=1S/C8H16S/c1-3-8(2)5-4-6-9-7-8/h3-7H2,1-2H3. The van der Waals surface area contributed by atoms with Gasteiger partial charge in [-0.2, -0.15) is 11.8 Å². The molecule has 0 aromatic heterocycles. The molecule has 1 aliphatic rings. The molecule has 0 aromatic rings. The molecular weight excluding hydrogens is 128 g/mol. The van der Waals surface area contributed by atoms with Crippen molar-refractivity contribution >= 4 is 11.8 Å². The fraction of sp³-hybridized carbons (Fsp3) is 1.00. The molecule has 0 radical (unpaired) electrons. The van der Waals surface area contributed by atoms with E-state index in [4.69, 9.17) is 0 Å². The number of rotatable bonds is 1. The van der Waals surface area contributed by atoms with Crippen LogP contribution in [-0.4, -0.2) is 11.5 Å². The molecule has 1 fully saturated rings. The minimum atomic E-state index is 0.683. The highest BCUT2D eigenvalue weighted by atomic mass is 32.2. The smallest absolute Gasteiger partial charge is 0.00135 e. The van der Waals surface area contributed by atoms with Gasteiger partial charge < -0.3 is 0 Å². The van der Waals surface area contributed by atoms with E-state index in [0.29, 0.717) is 5.41 Å². The Bertz CT molecular complexity index is 82.6. The van der Waals surface area contributed by atoms with Gasteiger partial charge in [0, 0.05) is 0 Å². The summed E-state index contributed by atoms with van der Waals surface area (Å²) in [6, 6.07) is 0. The van der Waals surface area contributed by atoms with Crippen molar-refractivity contribution in [2.24, 2.45) is 5.41 Å². The van der Waals surface area contributed by atoms with Crippen LogP contribution < -0.4 is 0 Å². The number of hydrogen-bond acceptors (Lipinski definition) is 1. The third-order valence-electron chi connectivity index (χ3n) is 2.37. The van der Waals surface area contributed by atoms with Crippen LogP contribution in [-0.2, 0) is 0 Å². The molecule has 1 rings (SSSR count). The molecule has 0 aliphatic carbocycles. The topological polar surface area (TPSA) is 0 Å². The Labute approximate surface area is 62.4 Å². The molecular formula is C8H16S. The van der Waals surface area contributed by atoms with Gasteiger partial charge in [0.2, 0.25) is 0 Å². The van der Waals surface area contributed by atoms with Gasteiger partial charge in [0.15, 0.2) is 0 Å². The van der Waals surface area contributed by atoms with Crippen LogP contribution in [0.4, 0.5) is 0 Å². The Morgan fingerprint density at radius 3 is 2.67 bits per heavy atom. The first-order chi connectivity index (χ1) is 4.27. The molecule has 9 heavy (non-hydrogen) atoms. The number of thioether (sulfide) groups is 1. The molecule has 1 heteroatoms. The Morgan fingerprint density at radius 1 is 1.56 bits per heavy atom. The summed E-state index contributed by atoms with van der Waals surface area (Å²) >= 11 is 2.13. The lowest BCUT2D eigenvalue weighted by atomic mass is 9.85. The van der Waals surface area contributed by atoms with Crippen LogP contribution in [0.15, 0.2) is 0 Å². The fourth-order valence-electron chi connectivity index (χ4n) is 1.27. The quantitative estimate of drug-likeness (QED) is 0.545. The van der Waals surface area contributed by atoms with E-state index in [1.807, 2.05) is 0 Å². The van der Waals surface area contributed by atoms with Crippen molar-refractivity contribution < 1.29 is 0 Å². The van der Waals surface area contributed by atoms with Crippen LogP contribution in [0.2, 0.25) is 0 Å². The van der Waals surface area contributed by atoms with Crippen molar-refractivity contribution in [3.8, 4) is 0 Å². The van der Waals surface area contributed by atoms with E-state index < -0.39 is 0 Å². The molecule has 0 bridgehead atoms. The third kappa shape index (κ3) is 1.89.